The van der Waals surface area contributed by atoms with Crippen molar-refractivity contribution in [2.45, 2.75) is 25.7 Å². The van der Waals surface area contributed by atoms with E-state index in [1.165, 1.54) is 18.2 Å². The highest BCUT2D eigenvalue weighted by Crippen LogP contribution is 2.33. The molecular formula is C20H20FNO4. The standard InChI is InChI=1S/C20H20FNO4/c21-15-10-11-18(26-16-4-2-1-3-5-16)17(12-15)22-19(23)13-6-8-14(9-7-13)20(24)25/h1-5,10-14H,6-9H2,(H,22,23)(H,24,25). The van der Waals surface area contributed by atoms with Crippen LogP contribution in [0.5, 0.6) is 11.5 Å². The molecule has 2 aromatic carbocycles. The van der Waals surface area contributed by atoms with E-state index in [1.54, 1.807) is 12.1 Å². The van der Waals surface area contributed by atoms with E-state index in [0.717, 1.165) is 0 Å². The molecule has 2 N–H and O–H groups in total. The van der Waals surface area contributed by atoms with Gasteiger partial charge in [0.1, 0.15) is 11.6 Å². The Morgan fingerprint density at radius 1 is 1.00 bits per heavy atom. The second-order valence-corrected chi connectivity index (χ2v) is 6.43. The molecule has 0 atom stereocenters. The average molecular weight is 357 g/mol. The van der Waals surface area contributed by atoms with Gasteiger partial charge in [0.15, 0.2) is 5.75 Å². The number of carbonyl (C=O) groups excluding carboxylic acids is 1. The Balaban J connectivity index is 1.70. The van der Waals surface area contributed by atoms with Crippen LogP contribution in [0.25, 0.3) is 0 Å². The summed E-state index contributed by atoms with van der Waals surface area (Å²) in [6.07, 6.45) is 1.97. The molecule has 0 radical (unpaired) electrons. The van der Waals surface area contributed by atoms with Crippen LogP contribution >= 0.6 is 0 Å². The summed E-state index contributed by atoms with van der Waals surface area (Å²) in [6.45, 7) is 0. The molecule has 0 unspecified atom stereocenters. The Labute approximate surface area is 150 Å². The summed E-state index contributed by atoms with van der Waals surface area (Å²) in [6, 6.07) is 13.0. The van der Waals surface area contributed by atoms with Crippen molar-refractivity contribution in [3.05, 3.63) is 54.3 Å². The molecule has 3 rings (SSSR count). The average Bonchev–Trinajstić information content (AvgIpc) is 2.65. The van der Waals surface area contributed by atoms with Crippen LogP contribution < -0.4 is 10.1 Å². The van der Waals surface area contributed by atoms with Gasteiger partial charge in [0, 0.05) is 12.0 Å². The van der Waals surface area contributed by atoms with Crippen LogP contribution in [0, 0.1) is 17.7 Å². The molecule has 6 heteroatoms. The molecule has 1 saturated carbocycles. The van der Waals surface area contributed by atoms with Gasteiger partial charge in [-0.1, -0.05) is 18.2 Å². The van der Waals surface area contributed by atoms with Crippen LogP contribution in [-0.2, 0) is 9.59 Å². The normalized spacial score (nSPS) is 19.6. The summed E-state index contributed by atoms with van der Waals surface area (Å²) < 4.78 is 19.4. The molecule has 0 aliphatic heterocycles. The number of halogens is 1. The fraction of sp³-hybridized carbons (Fsp3) is 0.300. The zero-order valence-corrected chi connectivity index (χ0v) is 14.2. The molecule has 5 nitrogen and oxygen atoms in total. The molecule has 0 bridgehead atoms. The third-order valence-electron chi connectivity index (χ3n) is 4.62. The SMILES string of the molecule is O=C(O)C1CCC(C(=O)Nc2cc(F)ccc2Oc2ccccc2)CC1. The number of hydrogen-bond acceptors (Lipinski definition) is 3. The predicted octanol–water partition coefficient (Wildman–Crippen LogP) is 4.45. The number of carboxylic acid groups (broad SMARTS) is 1. The van der Waals surface area contributed by atoms with E-state index in [1.807, 2.05) is 18.2 Å². The van der Waals surface area contributed by atoms with Crippen LogP contribution in [-0.4, -0.2) is 17.0 Å². The van der Waals surface area contributed by atoms with Gasteiger partial charge < -0.3 is 15.2 Å². The molecule has 0 aromatic heterocycles. The lowest BCUT2D eigenvalue weighted by Gasteiger charge is -2.25. The molecule has 1 fully saturated rings. The molecule has 0 spiro atoms. The van der Waals surface area contributed by atoms with Crippen molar-refractivity contribution in [3.63, 3.8) is 0 Å². The van der Waals surface area contributed by atoms with Gasteiger partial charge in [0.05, 0.1) is 11.6 Å². The van der Waals surface area contributed by atoms with E-state index in [9.17, 15) is 14.0 Å². The molecule has 1 amide bonds. The number of benzene rings is 2. The van der Waals surface area contributed by atoms with Gasteiger partial charge in [0.25, 0.3) is 0 Å². The number of carbonyl (C=O) groups is 2. The molecule has 1 aliphatic rings. The highest BCUT2D eigenvalue weighted by Gasteiger charge is 2.30. The Bertz CT molecular complexity index is 786. The summed E-state index contributed by atoms with van der Waals surface area (Å²) in [5.74, 6) is -1.26. The quantitative estimate of drug-likeness (QED) is 0.829. The number of rotatable bonds is 5. The monoisotopic (exact) mass is 357 g/mol. The van der Waals surface area contributed by atoms with Crippen LogP contribution in [0.3, 0.4) is 0 Å². The zero-order valence-electron chi connectivity index (χ0n) is 14.2. The maximum Gasteiger partial charge on any atom is 0.306 e. The lowest BCUT2D eigenvalue weighted by atomic mass is 9.81. The van der Waals surface area contributed by atoms with E-state index in [0.29, 0.717) is 37.2 Å². The van der Waals surface area contributed by atoms with Crippen LogP contribution in [0.2, 0.25) is 0 Å². The lowest BCUT2D eigenvalue weighted by molar-refractivity contribution is -0.143. The van der Waals surface area contributed by atoms with Crippen molar-refractivity contribution in [1.82, 2.24) is 0 Å². The minimum atomic E-state index is -0.812. The first kappa shape index (κ1) is 17.9. The first-order chi connectivity index (χ1) is 12.5. The fourth-order valence-corrected chi connectivity index (χ4v) is 3.14. The Morgan fingerprint density at radius 2 is 1.65 bits per heavy atom. The number of hydrogen-bond donors (Lipinski definition) is 2. The number of aliphatic carboxylic acids is 1. The summed E-state index contributed by atoms with van der Waals surface area (Å²) >= 11 is 0. The minimum absolute atomic E-state index is 0.239. The van der Waals surface area contributed by atoms with Gasteiger partial charge in [-0.25, -0.2) is 4.39 Å². The Hall–Kier alpha value is -2.89. The Morgan fingerprint density at radius 3 is 2.31 bits per heavy atom. The maximum absolute atomic E-state index is 13.6. The van der Waals surface area contributed by atoms with Gasteiger partial charge in [-0.05, 0) is 49.9 Å². The lowest BCUT2D eigenvalue weighted by Crippen LogP contribution is -2.29. The van der Waals surface area contributed by atoms with Crippen LogP contribution in [0.15, 0.2) is 48.5 Å². The topological polar surface area (TPSA) is 75.6 Å². The second kappa shape index (κ2) is 7.99. The van der Waals surface area contributed by atoms with E-state index < -0.39 is 11.8 Å². The molecule has 0 saturated heterocycles. The van der Waals surface area contributed by atoms with Gasteiger partial charge in [-0.2, -0.15) is 0 Å². The number of anilines is 1. The second-order valence-electron chi connectivity index (χ2n) is 6.43. The van der Waals surface area contributed by atoms with Gasteiger partial charge in [-0.15, -0.1) is 0 Å². The van der Waals surface area contributed by atoms with Gasteiger partial charge >= 0.3 is 5.97 Å². The molecular weight excluding hydrogens is 337 g/mol. The first-order valence-electron chi connectivity index (χ1n) is 8.59. The van der Waals surface area contributed by atoms with Crippen molar-refractivity contribution < 1.29 is 23.8 Å². The summed E-state index contributed by atoms with van der Waals surface area (Å²) in [5, 5.41) is 11.8. The number of ether oxygens (including phenoxy) is 1. The first-order valence-corrected chi connectivity index (χ1v) is 8.59. The van der Waals surface area contributed by atoms with Gasteiger partial charge in [0.2, 0.25) is 5.91 Å². The molecule has 1 aliphatic carbocycles. The largest absolute Gasteiger partial charge is 0.481 e. The van der Waals surface area contributed by atoms with E-state index in [4.69, 9.17) is 9.84 Å². The van der Waals surface area contributed by atoms with Crippen molar-refractivity contribution in [3.8, 4) is 11.5 Å². The summed E-state index contributed by atoms with van der Waals surface area (Å²) in [7, 11) is 0. The smallest absolute Gasteiger partial charge is 0.306 e. The number of nitrogens with one attached hydrogen (secondary N) is 1. The van der Waals surface area contributed by atoms with Crippen LogP contribution in [0.4, 0.5) is 10.1 Å². The maximum atomic E-state index is 13.6. The fourth-order valence-electron chi connectivity index (χ4n) is 3.14. The highest BCUT2D eigenvalue weighted by atomic mass is 19.1. The summed E-state index contributed by atoms with van der Waals surface area (Å²) in [4.78, 5) is 23.5. The number of amides is 1. The Kier molecular flexibility index (Phi) is 5.51. The number of para-hydroxylation sites is 1. The molecule has 26 heavy (non-hydrogen) atoms. The van der Waals surface area contributed by atoms with E-state index in [-0.39, 0.29) is 23.4 Å². The third kappa shape index (κ3) is 4.39. The van der Waals surface area contributed by atoms with Crippen molar-refractivity contribution in [1.29, 1.82) is 0 Å². The van der Waals surface area contributed by atoms with Crippen molar-refractivity contribution in [2.75, 3.05) is 5.32 Å². The minimum Gasteiger partial charge on any atom is -0.481 e. The summed E-state index contributed by atoms with van der Waals surface area (Å²) in [5.41, 5.74) is 0.263. The molecule has 136 valence electrons. The predicted molar refractivity (Wildman–Crippen MR) is 94.6 cm³/mol. The molecule has 0 heterocycles. The molecule has 2 aromatic rings. The van der Waals surface area contributed by atoms with Crippen molar-refractivity contribution in [2.24, 2.45) is 11.8 Å². The van der Waals surface area contributed by atoms with Crippen molar-refractivity contribution >= 4 is 17.6 Å². The van der Waals surface area contributed by atoms with Gasteiger partial charge in [-0.3, -0.25) is 9.59 Å². The third-order valence-corrected chi connectivity index (χ3v) is 4.62. The van der Waals surface area contributed by atoms with E-state index >= 15 is 0 Å². The van der Waals surface area contributed by atoms with Crippen LogP contribution in [0.1, 0.15) is 25.7 Å². The highest BCUT2D eigenvalue weighted by molar-refractivity contribution is 5.94. The van der Waals surface area contributed by atoms with E-state index in [2.05, 4.69) is 5.32 Å². The zero-order chi connectivity index (χ0) is 18.5. The number of carboxylic acids is 1.